The number of nitrogens with one attached hydrogen (secondary N) is 1. The van der Waals surface area contributed by atoms with E-state index in [1.54, 1.807) is 32.0 Å². The van der Waals surface area contributed by atoms with Crippen molar-refractivity contribution in [3.05, 3.63) is 57.0 Å². The lowest BCUT2D eigenvalue weighted by Gasteiger charge is -2.15. The number of hydrogen-bond acceptors (Lipinski definition) is 3. The molecule has 0 aliphatic carbocycles. The number of nitrogens with zero attached hydrogens (tertiary/aromatic N) is 2. The number of aromatic nitrogens is 2. The van der Waals surface area contributed by atoms with Crippen molar-refractivity contribution in [3.8, 4) is 0 Å². The first-order valence-electron chi connectivity index (χ1n) is 6.52. The molecular formula is C15H16ClN3O2. The Morgan fingerprint density at radius 3 is 2.71 bits per heavy atom. The van der Waals surface area contributed by atoms with E-state index in [4.69, 9.17) is 11.6 Å². The zero-order valence-electron chi connectivity index (χ0n) is 12.1. The fraction of sp³-hybridized carbons (Fsp3) is 0.267. The summed E-state index contributed by atoms with van der Waals surface area (Å²) >= 11 is 5.92. The highest BCUT2D eigenvalue weighted by atomic mass is 35.5. The van der Waals surface area contributed by atoms with Gasteiger partial charge in [0.05, 0.1) is 5.69 Å². The molecule has 0 aliphatic heterocycles. The third kappa shape index (κ3) is 3.49. The Balaban J connectivity index is 2.25. The second kappa shape index (κ2) is 6.10. The smallest absolute Gasteiger partial charge is 0.267 e. The van der Waals surface area contributed by atoms with E-state index in [0.717, 1.165) is 5.56 Å². The van der Waals surface area contributed by atoms with E-state index in [1.807, 2.05) is 13.0 Å². The minimum atomic E-state index is -0.712. The lowest BCUT2D eigenvalue weighted by atomic mass is 10.2. The Morgan fingerprint density at radius 1 is 1.29 bits per heavy atom. The van der Waals surface area contributed by atoms with Gasteiger partial charge in [0.25, 0.3) is 5.56 Å². The van der Waals surface area contributed by atoms with Crippen molar-refractivity contribution < 1.29 is 4.79 Å². The molecule has 1 N–H and O–H groups in total. The number of hydrogen-bond donors (Lipinski definition) is 1. The first-order chi connectivity index (χ1) is 9.88. The average Bonchev–Trinajstić information content (AvgIpc) is 2.44. The van der Waals surface area contributed by atoms with E-state index in [1.165, 1.54) is 10.7 Å². The van der Waals surface area contributed by atoms with Crippen LogP contribution >= 0.6 is 11.6 Å². The summed E-state index contributed by atoms with van der Waals surface area (Å²) in [6, 6.07) is 7.55. The van der Waals surface area contributed by atoms with Gasteiger partial charge in [0.2, 0.25) is 5.91 Å². The van der Waals surface area contributed by atoms with Crippen molar-refractivity contribution in [1.29, 1.82) is 0 Å². The number of rotatable bonds is 3. The standard InChI is InChI=1S/C15H16ClN3O2/c1-9-4-6-12(16)8-13(9)17-15(21)11(3)19-14(20)7-5-10(2)18-19/h4-8,11H,1-3H3,(H,17,21). The first kappa shape index (κ1) is 15.3. The third-order valence-corrected chi connectivity index (χ3v) is 3.40. The molecule has 0 bridgehead atoms. The Kier molecular flexibility index (Phi) is 4.43. The second-order valence-corrected chi connectivity index (χ2v) is 5.32. The van der Waals surface area contributed by atoms with Gasteiger partial charge in [-0.05, 0) is 44.5 Å². The van der Waals surface area contributed by atoms with Crippen LogP contribution in [0.25, 0.3) is 0 Å². The van der Waals surface area contributed by atoms with Gasteiger partial charge < -0.3 is 5.32 Å². The highest BCUT2D eigenvalue weighted by Crippen LogP contribution is 2.21. The van der Waals surface area contributed by atoms with Gasteiger partial charge in [0, 0.05) is 16.8 Å². The lowest BCUT2D eigenvalue weighted by molar-refractivity contribution is -0.119. The van der Waals surface area contributed by atoms with Gasteiger partial charge >= 0.3 is 0 Å². The zero-order chi connectivity index (χ0) is 15.6. The number of amides is 1. The van der Waals surface area contributed by atoms with E-state index < -0.39 is 6.04 Å². The Bertz CT molecular complexity index is 740. The van der Waals surface area contributed by atoms with E-state index >= 15 is 0 Å². The van der Waals surface area contributed by atoms with E-state index in [2.05, 4.69) is 10.4 Å². The van der Waals surface area contributed by atoms with Gasteiger partial charge in [0.15, 0.2) is 0 Å². The van der Waals surface area contributed by atoms with Crippen molar-refractivity contribution in [3.63, 3.8) is 0 Å². The molecule has 0 saturated carbocycles. The van der Waals surface area contributed by atoms with Gasteiger partial charge in [-0.1, -0.05) is 17.7 Å². The molecule has 1 aromatic heterocycles. The monoisotopic (exact) mass is 305 g/mol. The summed E-state index contributed by atoms with van der Waals surface area (Å²) in [4.78, 5) is 24.1. The average molecular weight is 306 g/mol. The summed E-state index contributed by atoms with van der Waals surface area (Å²) in [5.74, 6) is -0.319. The number of halogens is 1. The van der Waals surface area contributed by atoms with Crippen molar-refractivity contribution in [2.45, 2.75) is 26.8 Å². The molecule has 0 fully saturated rings. The molecule has 1 aromatic carbocycles. The fourth-order valence-electron chi connectivity index (χ4n) is 1.88. The van der Waals surface area contributed by atoms with Gasteiger partial charge in [-0.25, -0.2) is 4.68 Å². The number of benzene rings is 1. The SMILES string of the molecule is Cc1ccc(=O)n(C(C)C(=O)Nc2cc(Cl)ccc2C)n1. The van der Waals surface area contributed by atoms with Crippen LogP contribution in [0.1, 0.15) is 24.2 Å². The summed E-state index contributed by atoms with van der Waals surface area (Å²) in [5.41, 5.74) is 1.88. The molecule has 1 heterocycles. The third-order valence-electron chi connectivity index (χ3n) is 3.16. The number of aryl methyl sites for hydroxylation is 2. The maximum absolute atomic E-state index is 12.3. The normalized spacial score (nSPS) is 12.0. The molecule has 110 valence electrons. The van der Waals surface area contributed by atoms with Crippen molar-refractivity contribution in [1.82, 2.24) is 9.78 Å². The van der Waals surface area contributed by atoms with Crippen LogP contribution in [0.5, 0.6) is 0 Å². The molecule has 21 heavy (non-hydrogen) atoms. The molecule has 0 spiro atoms. The Labute approximate surface area is 127 Å². The second-order valence-electron chi connectivity index (χ2n) is 4.88. The molecule has 1 amide bonds. The van der Waals surface area contributed by atoms with Gasteiger partial charge in [-0.15, -0.1) is 0 Å². The van der Waals surface area contributed by atoms with Gasteiger partial charge in [-0.2, -0.15) is 5.10 Å². The number of carbonyl (C=O) groups excluding carboxylic acids is 1. The van der Waals surface area contributed by atoms with Crippen LogP contribution in [-0.4, -0.2) is 15.7 Å². The molecule has 1 unspecified atom stereocenters. The molecule has 0 radical (unpaired) electrons. The zero-order valence-corrected chi connectivity index (χ0v) is 12.8. The van der Waals surface area contributed by atoms with E-state index in [9.17, 15) is 9.59 Å². The van der Waals surface area contributed by atoms with Gasteiger partial charge in [0.1, 0.15) is 6.04 Å². The fourth-order valence-corrected chi connectivity index (χ4v) is 2.05. The van der Waals surface area contributed by atoms with Crippen LogP contribution < -0.4 is 10.9 Å². The summed E-state index contributed by atoms with van der Waals surface area (Å²) in [6.45, 7) is 5.26. The van der Waals surface area contributed by atoms with Crippen LogP contribution in [0.3, 0.4) is 0 Å². The topological polar surface area (TPSA) is 64.0 Å². The highest BCUT2D eigenvalue weighted by molar-refractivity contribution is 6.31. The van der Waals surface area contributed by atoms with Crippen LogP contribution in [-0.2, 0) is 4.79 Å². The van der Waals surface area contributed by atoms with Crippen molar-refractivity contribution >= 4 is 23.2 Å². The molecule has 1 atom stereocenters. The largest absolute Gasteiger partial charge is 0.324 e. The van der Waals surface area contributed by atoms with Crippen LogP contribution in [0.15, 0.2) is 35.1 Å². The molecule has 0 aliphatic rings. The van der Waals surface area contributed by atoms with E-state index in [0.29, 0.717) is 16.4 Å². The molecule has 0 saturated heterocycles. The lowest BCUT2D eigenvalue weighted by Crippen LogP contribution is -2.33. The van der Waals surface area contributed by atoms with E-state index in [-0.39, 0.29) is 11.5 Å². The van der Waals surface area contributed by atoms with Crippen LogP contribution in [0.4, 0.5) is 5.69 Å². The Hall–Kier alpha value is -2.14. The summed E-state index contributed by atoms with van der Waals surface area (Å²) in [6.07, 6.45) is 0. The predicted octanol–water partition coefficient (Wildman–Crippen LogP) is 2.71. The molecule has 5 nitrogen and oxygen atoms in total. The first-order valence-corrected chi connectivity index (χ1v) is 6.90. The van der Waals surface area contributed by atoms with Gasteiger partial charge in [-0.3, -0.25) is 9.59 Å². The minimum Gasteiger partial charge on any atom is -0.324 e. The molecule has 6 heteroatoms. The minimum absolute atomic E-state index is 0.314. The van der Waals surface area contributed by atoms with Crippen LogP contribution in [0, 0.1) is 13.8 Å². The number of carbonyl (C=O) groups is 1. The maximum Gasteiger partial charge on any atom is 0.267 e. The Morgan fingerprint density at radius 2 is 2.00 bits per heavy atom. The van der Waals surface area contributed by atoms with Crippen LogP contribution in [0.2, 0.25) is 5.02 Å². The molecule has 2 aromatic rings. The number of anilines is 1. The summed E-state index contributed by atoms with van der Waals surface area (Å²) in [5, 5.41) is 7.40. The summed E-state index contributed by atoms with van der Waals surface area (Å²) < 4.78 is 1.17. The summed E-state index contributed by atoms with van der Waals surface area (Å²) in [7, 11) is 0. The maximum atomic E-state index is 12.3. The quantitative estimate of drug-likeness (QED) is 0.948. The molecule has 2 rings (SSSR count). The van der Waals surface area contributed by atoms with Crippen molar-refractivity contribution in [2.24, 2.45) is 0 Å². The highest BCUT2D eigenvalue weighted by Gasteiger charge is 2.18. The molecular weight excluding hydrogens is 290 g/mol. The predicted molar refractivity (Wildman–Crippen MR) is 82.8 cm³/mol. The van der Waals surface area contributed by atoms with Crippen molar-refractivity contribution in [2.75, 3.05) is 5.32 Å².